The van der Waals surface area contributed by atoms with Gasteiger partial charge < -0.3 is 14.2 Å². The van der Waals surface area contributed by atoms with Crippen LogP contribution in [0.2, 0.25) is 0 Å². The minimum atomic E-state index is -0.438. The Morgan fingerprint density at radius 2 is 1.62 bits per heavy atom. The lowest BCUT2D eigenvalue weighted by molar-refractivity contribution is 0.0735. The van der Waals surface area contributed by atoms with Crippen LogP contribution in [0, 0.1) is 11.3 Å². The number of nitriles is 1. The van der Waals surface area contributed by atoms with E-state index in [0.717, 1.165) is 5.56 Å². The zero-order valence-corrected chi connectivity index (χ0v) is 16.1. The highest BCUT2D eigenvalue weighted by Gasteiger charge is 2.10. The van der Waals surface area contributed by atoms with Crippen molar-refractivity contribution < 1.29 is 19.0 Å². The average Bonchev–Trinajstić information content (AvgIpc) is 2.77. The first kappa shape index (κ1) is 19.7. The minimum Gasteiger partial charge on any atom is -0.493 e. The SMILES string of the molecule is COc1ccc(/C(C#N)=C\c2cccc(OC(=O)c3ccccc3)c2)cc1OC. The summed E-state index contributed by atoms with van der Waals surface area (Å²) in [6.07, 6.45) is 1.72. The normalized spacial score (nSPS) is 10.7. The summed E-state index contributed by atoms with van der Waals surface area (Å²) >= 11 is 0. The number of methoxy groups -OCH3 is 2. The van der Waals surface area contributed by atoms with Crippen molar-refractivity contribution in [2.24, 2.45) is 0 Å². The number of rotatable bonds is 6. The highest BCUT2D eigenvalue weighted by molar-refractivity contribution is 5.92. The molecule has 0 amide bonds. The summed E-state index contributed by atoms with van der Waals surface area (Å²) in [6.45, 7) is 0. The predicted molar refractivity (Wildman–Crippen MR) is 111 cm³/mol. The van der Waals surface area contributed by atoms with E-state index in [4.69, 9.17) is 14.2 Å². The molecule has 0 heterocycles. The van der Waals surface area contributed by atoms with Crippen molar-refractivity contribution in [3.05, 3.63) is 89.5 Å². The van der Waals surface area contributed by atoms with E-state index < -0.39 is 5.97 Å². The van der Waals surface area contributed by atoms with E-state index in [2.05, 4.69) is 6.07 Å². The van der Waals surface area contributed by atoms with Gasteiger partial charge in [0.05, 0.1) is 31.4 Å². The van der Waals surface area contributed by atoms with Gasteiger partial charge in [-0.25, -0.2) is 4.79 Å². The summed E-state index contributed by atoms with van der Waals surface area (Å²) in [4.78, 5) is 12.2. The quantitative estimate of drug-likeness (QED) is 0.259. The van der Waals surface area contributed by atoms with Crippen LogP contribution in [0.3, 0.4) is 0 Å². The molecule has 0 radical (unpaired) electrons. The summed E-state index contributed by atoms with van der Waals surface area (Å²) < 4.78 is 16.0. The molecule has 0 bridgehead atoms. The number of hydrogen-bond donors (Lipinski definition) is 0. The zero-order valence-electron chi connectivity index (χ0n) is 16.1. The first-order chi connectivity index (χ1) is 14.1. The first-order valence-electron chi connectivity index (χ1n) is 8.86. The summed E-state index contributed by atoms with van der Waals surface area (Å²) in [5, 5.41) is 9.62. The Bertz CT molecular complexity index is 1080. The van der Waals surface area contributed by atoms with Crippen molar-refractivity contribution in [2.75, 3.05) is 14.2 Å². The molecule has 0 aliphatic carbocycles. The number of nitrogens with zero attached hydrogens (tertiary/aromatic N) is 1. The van der Waals surface area contributed by atoms with Crippen molar-refractivity contribution in [3.8, 4) is 23.3 Å². The molecule has 0 atom stereocenters. The van der Waals surface area contributed by atoms with Crippen molar-refractivity contribution in [1.82, 2.24) is 0 Å². The second kappa shape index (κ2) is 9.25. The summed E-state index contributed by atoms with van der Waals surface area (Å²) in [5.41, 5.74) is 2.33. The maximum absolute atomic E-state index is 12.2. The van der Waals surface area contributed by atoms with Crippen LogP contribution in [0.25, 0.3) is 11.6 Å². The standard InChI is InChI=1S/C24H19NO4/c1-27-22-12-11-19(15-23(22)28-2)20(16-25)13-17-7-6-10-21(14-17)29-24(26)18-8-4-3-5-9-18/h3-15H,1-2H3/b20-13-. The monoisotopic (exact) mass is 385 g/mol. The number of benzene rings is 3. The largest absolute Gasteiger partial charge is 0.493 e. The Labute approximate surface area is 169 Å². The Morgan fingerprint density at radius 1 is 0.862 bits per heavy atom. The van der Waals surface area contributed by atoms with Crippen molar-refractivity contribution in [3.63, 3.8) is 0 Å². The number of carbonyl (C=O) groups excluding carboxylic acids is 1. The molecule has 0 saturated heterocycles. The molecule has 5 nitrogen and oxygen atoms in total. The lowest BCUT2D eigenvalue weighted by atomic mass is 10.0. The molecule has 3 rings (SSSR count). The van der Waals surface area contributed by atoms with E-state index in [9.17, 15) is 10.1 Å². The average molecular weight is 385 g/mol. The van der Waals surface area contributed by atoms with Gasteiger partial charge in [0.2, 0.25) is 0 Å². The highest BCUT2D eigenvalue weighted by atomic mass is 16.5. The van der Waals surface area contributed by atoms with E-state index in [1.54, 1.807) is 81.0 Å². The minimum absolute atomic E-state index is 0.400. The summed E-state index contributed by atoms with van der Waals surface area (Å²) in [6, 6.07) is 23.2. The Hall–Kier alpha value is -4.04. The van der Waals surface area contributed by atoms with Crippen LogP contribution in [0.5, 0.6) is 17.2 Å². The molecule has 0 aliphatic heterocycles. The third-order valence-electron chi connectivity index (χ3n) is 4.20. The molecule has 0 spiro atoms. The fourth-order valence-corrected chi connectivity index (χ4v) is 2.76. The smallest absolute Gasteiger partial charge is 0.343 e. The van der Waals surface area contributed by atoms with Crippen LogP contribution in [0.4, 0.5) is 0 Å². The van der Waals surface area contributed by atoms with Gasteiger partial charge in [0.25, 0.3) is 0 Å². The number of carbonyl (C=O) groups is 1. The Balaban J connectivity index is 1.86. The lowest BCUT2D eigenvalue weighted by Gasteiger charge is -2.09. The van der Waals surface area contributed by atoms with Gasteiger partial charge >= 0.3 is 5.97 Å². The van der Waals surface area contributed by atoms with Gasteiger partial charge in [0, 0.05) is 0 Å². The van der Waals surface area contributed by atoms with Gasteiger partial charge in [-0.1, -0.05) is 30.3 Å². The zero-order chi connectivity index (χ0) is 20.6. The maximum Gasteiger partial charge on any atom is 0.343 e. The molecule has 3 aromatic carbocycles. The number of ether oxygens (including phenoxy) is 3. The Morgan fingerprint density at radius 3 is 2.31 bits per heavy atom. The van der Waals surface area contributed by atoms with Gasteiger partial charge in [-0.15, -0.1) is 0 Å². The number of allylic oxidation sites excluding steroid dienone is 1. The van der Waals surface area contributed by atoms with Crippen LogP contribution in [0.1, 0.15) is 21.5 Å². The Kier molecular flexibility index (Phi) is 6.29. The van der Waals surface area contributed by atoms with E-state index in [1.165, 1.54) is 0 Å². The van der Waals surface area contributed by atoms with E-state index in [1.807, 2.05) is 12.1 Å². The first-order valence-corrected chi connectivity index (χ1v) is 8.86. The van der Waals surface area contributed by atoms with Crippen LogP contribution in [0.15, 0.2) is 72.8 Å². The van der Waals surface area contributed by atoms with Crippen LogP contribution < -0.4 is 14.2 Å². The van der Waals surface area contributed by atoms with Crippen molar-refractivity contribution in [1.29, 1.82) is 5.26 Å². The molecule has 0 aliphatic rings. The molecule has 0 fully saturated rings. The molecular formula is C24H19NO4. The van der Waals surface area contributed by atoms with Crippen LogP contribution in [-0.2, 0) is 0 Å². The second-order valence-corrected chi connectivity index (χ2v) is 6.07. The van der Waals surface area contributed by atoms with E-state index in [0.29, 0.717) is 33.9 Å². The van der Waals surface area contributed by atoms with Crippen molar-refractivity contribution >= 4 is 17.6 Å². The number of esters is 1. The van der Waals surface area contributed by atoms with Crippen molar-refractivity contribution in [2.45, 2.75) is 0 Å². The molecule has 0 saturated carbocycles. The fourth-order valence-electron chi connectivity index (χ4n) is 2.76. The fraction of sp³-hybridized carbons (Fsp3) is 0.0833. The third kappa shape index (κ3) is 4.82. The van der Waals surface area contributed by atoms with Gasteiger partial charge in [-0.2, -0.15) is 5.26 Å². The molecule has 0 aromatic heterocycles. The highest BCUT2D eigenvalue weighted by Crippen LogP contribution is 2.31. The van der Waals surface area contributed by atoms with Gasteiger partial charge in [0.15, 0.2) is 11.5 Å². The topological polar surface area (TPSA) is 68.5 Å². The molecule has 29 heavy (non-hydrogen) atoms. The van der Waals surface area contributed by atoms with Gasteiger partial charge in [0.1, 0.15) is 5.75 Å². The van der Waals surface area contributed by atoms with Gasteiger partial charge in [-0.05, 0) is 59.7 Å². The lowest BCUT2D eigenvalue weighted by Crippen LogP contribution is -2.08. The maximum atomic E-state index is 12.2. The number of hydrogen-bond acceptors (Lipinski definition) is 5. The van der Waals surface area contributed by atoms with E-state index >= 15 is 0 Å². The molecule has 5 heteroatoms. The predicted octanol–water partition coefficient (Wildman–Crippen LogP) is 4.99. The summed E-state index contributed by atoms with van der Waals surface area (Å²) in [7, 11) is 3.10. The van der Waals surface area contributed by atoms with Crippen LogP contribution in [-0.4, -0.2) is 20.2 Å². The third-order valence-corrected chi connectivity index (χ3v) is 4.20. The van der Waals surface area contributed by atoms with Crippen LogP contribution >= 0.6 is 0 Å². The molecule has 0 N–H and O–H groups in total. The van der Waals surface area contributed by atoms with E-state index in [-0.39, 0.29) is 0 Å². The molecule has 144 valence electrons. The molecule has 0 unspecified atom stereocenters. The molecular weight excluding hydrogens is 366 g/mol. The second-order valence-electron chi connectivity index (χ2n) is 6.07. The summed E-state index contributed by atoms with van der Waals surface area (Å²) in [5.74, 6) is 1.09. The van der Waals surface area contributed by atoms with Gasteiger partial charge in [-0.3, -0.25) is 0 Å². The molecule has 3 aromatic rings.